The van der Waals surface area contributed by atoms with E-state index in [1.54, 1.807) is 14.2 Å². The third kappa shape index (κ3) is 5.59. The van der Waals surface area contributed by atoms with Gasteiger partial charge in [-0.25, -0.2) is 0 Å². The highest BCUT2D eigenvalue weighted by Crippen LogP contribution is 2.36. The number of aliphatic hydroxyl groups excluding tert-OH is 1. The number of ether oxygens (including phenoxy) is 3. The average Bonchev–Trinajstić information content (AvgIpc) is 2.80. The van der Waals surface area contributed by atoms with E-state index in [1.165, 1.54) is 11.1 Å². The summed E-state index contributed by atoms with van der Waals surface area (Å²) in [4.78, 5) is 0. The zero-order valence-corrected chi connectivity index (χ0v) is 17.0. The predicted molar refractivity (Wildman–Crippen MR) is 115 cm³/mol. The van der Waals surface area contributed by atoms with Crippen molar-refractivity contribution < 1.29 is 19.3 Å². The molecule has 0 aliphatic carbocycles. The molecule has 0 saturated heterocycles. The van der Waals surface area contributed by atoms with Crippen LogP contribution in [0.3, 0.4) is 0 Å². The van der Waals surface area contributed by atoms with Gasteiger partial charge < -0.3 is 19.3 Å². The Morgan fingerprint density at radius 2 is 1.31 bits per heavy atom. The van der Waals surface area contributed by atoms with Gasteiger partial charge in [-0.1, -0.05) is 54.6 Å². The Balaban J connectivity index is 1.90. The number of benzene rings is 3. The minimum Gasteiger partial charge on any atom is -0.497 e. The molecule has 4 nitrogen and oxygen atoms in total. The highest BCUT2D eigenvalue weighted by molar-refractivity contribution is 5.39. The Labute approximate surface area is 172 Å². The molecule has 29 heavy (non-hydrogen) atoms. The molecule has 2 unspecified atom stereocenters. The summed E-state index contributed by atoms with van der Waals surface area (Å²) in [5.74, 6) is 1.78. The minimum absolute atomic E-state index is 0.0488. The molecule has 4 heteroatoms. The molecule has 1 N–H and O–H groups in total. The standard InChI is InChI=1S/C25H28O4/c1-27-18-29-24-14-10-21(11-15-24)25(20-8-12-23(28-2)13-9-20)16-22(17-26)19-6-4-3-5-7-19/h3-15,22,25-26H,16-18H2,1-2H3. The molecule has 0 fully saturated rings. The molecule has 0 bridgehead atoms. The lowest BCUT2D eigenvalue weighted by Gasteiger charge is -2.24. The number of aliphatic hydroxyl groups is 1. The van der Waals surface area contributed by atoms with Gasteiger partial charge in [0.25, 0.3) is 0 Å². The molecular formula is C25H28O4. The van der Waals surface area contributed by atoms with Crippen molar-refractivity contribution in [3.63, 3.8) is 0 Å². The summed E-state index contributed by atoms with van der Waals surface area (Å²) in [5, 5.41) is 10.1. The zero-order chi connectivity index (χ0) is 20.5. The Morgan fingerprint density at radius 1 is 0.724 bits per heavy atom. The second-order valence-corrected chi connectivity index (χ2v) is 6.97. The predicted octanol–water partition coefficient (Wildman–Crippen LogP) is 4.98. The molecule has 0 radical (unpaired) electrons. The van der Waals surface area contributed by atoms with Crippen LogP contribution in [0.4, 0.5) is 0 Å². The molecule has 2 atom stereocenters. The van der Waals surface area contributed by atoms with Crippen LogP contribution in [0.2, 0.25) is 0 Å². The summed E-state index contributed by atoms with van der Waals surface area (Å²) in [7, 11) is 3.27. The van der Waals surface area contributed by atoms with Crippen LogP contribution in [-0.4, -0.2) is 32.7 Å². The van der Waals surface area contributed by atoms with Gasteiger partial charge in [0.2, 0.25) is 0 Å². The van der Waals surface area contributed by atoms with E-state index in [0.717, 1.165) is 23.5 Å². The summed E-state index contributed by atoms with van der Waals surface area (Å²) in [6.07, 6.45) is 0.797. The summed E-state index contributed by atoms with van der Waals surface area (Å²) in [5.41, 5.74) is 3.51. The van der Waals surface area contributed by atoms with Crippen molar-refractivity contribution in [1.29, 1.82) is 0 Å². The van der Waals surface area contributed by atoms with E-state index in [9.17, 15) is 5.11 Å². The van der Waals surface area contributed by atoms with Gasteiger partial charge >= 0.3 is 0 Å². The van der Waals surface area contributed by atoms with Crippen molar-refractivity contribution in [3.05, 3.63) is 95.6 Å². The van der Waals surface area contributed by atoms with Gasteiger partial charge in [-0.2, -0.15) is 0 Å². The first-order valence-corrected chi connectivity index (χ1v) is 9.76. The van der Waals surface area contributed by atoms with Crippen LogP contribution in [0.5, 0.6) is 11.5 Å². The topological polar surface area (TPSA) is 47.9 Å². The summed E-state index contributed by atoms with van der Waals surface area (Å²) in [6, 6.07) is 26.4. The summed E-state index contributed by atoms with van der Waals surface area (Å²) >= 11 is 0. The van der Waals surface area contributed by atoms with Crippen LogP contribution in [0.15, 0.2) is 78.9 Å². The van der Waals surface area contributed by atoms with Gasteiger partial charge in [0.1, 0.15) is 11.5 Å². The molecule has 3 rings (SSSR count). The second-order valence-electron chi connectivity index (χ2n) is 6.97. The second kappa shape index (κ2) is 10.6. The minimum atomic E-state index is 0.0488. The van der Waals surface area contributed by atoms with Gasteiger partial charge in [0, 0.05) is 25.6 Å². The van der Waals surface area contributed by atoms with E-state index in [1.807, 2.05) is 42.5 Å². The van der Waals surface area contributed by atoms with Crippen molar-refractivity contribution in [1.82, 2.24) is 0 Å². The van der Waals surface area contributed by atoms with Gasteiger partial charge in [0.15, 0.2) is 6.79 Å². The highest BCUT2D eigenvalue weighted by Gasteiger charge is 2.21. The van der Waals surface area contributed by atoms with E-state index in [2.05, 4.69) is 36.4 Å². The fraction of sp³-hybridized carbons (Fsp3) is 0.280. The van der Waals surface area contributed by atoms with Gasteiger partial charge in [0.05, 0.1) is 7.11 Å². The van der Waals surface area contributed by atoms with Gasteiger partial charge in [-0.05, 0) is 47.4 Å². The molecule has 152 valence electrons. The molecule has 3 aromatic carbocycles. The molecule has 0 saturated carbocycles. The fourth-order valence-electron chi connectivity index (χ4n) is 3.55. The molecule has 0 heterocycles. The van der Waals surface area contributed by atoms with Crippen molar-refractivity contribution in [2.75, 3.05) is 27.6 Å². The highest BCUT2D eigenvalue weighted by atomic mass is 16.7. The van der Waals surface area contributed by atoms with Crippen LogP contribution < -0.4 is 9.47 Å². The molecular weight excluding hydrogens is 364 g/mol. The normalized spacial score (nSPS) is 12.9. The molecule has 0 aromatic heterocycles. The largest absolute Gasteiger partial charge is 0.497 e. The maximum absolute atomic E-state index is 10.1. The molecule has 0 aliphatic heterocycles. The van der Waals surface area contributed by atoms with E-state index in [4.69, 9.17) is 14.2 Å². The van der Waals surface area contributed by atoms with Crippen molar-refractivity contribution >= 4 is 0 Å². The lowest BCUT2D eigenvalue weighted by atomic mass is 9.81. The Bertz CT molecular complexity index is 844. The van der Waals surface area contributed by atoms with Crippen LogP contribution in [0, 0.1) is 0 Å². The SMILES string of the molecule is COCOc1ccc(C(CC(CO)c2ccccc2)c2ccc(OC)cc2)cc1. The Hall–Kier alpha value is -2.82. The third-order valence-electron chi connectivity index (χ3n) is 5.16. The van der Waals surface area contributed by atoms with Crippen molar-refractivity contribution in [2.24, 2.45) is 0 Å². The number of hydrogen-bond acceptors (Lipinski definition) is 4. The number of methoxy groups -OCH3 is 2. The monoisotopic (exact) mass is 392 g/mol. The average molecular weight is 392 g/mol. The van der Waals surface area contributed by atoms with Gasteiger partial charge in [-0.15, -0.1) is 0 Å². The van der Waals surface area contributed by atoms with E-state index in [0.29, 0.717) is 0 Å². The molecule has 0 aliphatic rings. The van der Waals surface area contributed by atoms with E-state index >= 15 is 0 Å². The maximum Gasteiger partial charge on any atom is 0.188 e. The first kappa shape index (κ1) is 20.9. The molecule has 3 aromatic rings. The Morgan fingerprint density at radius 3 is 1.83 bits per heavy atom. The van der Waals surface area contributed by atoms with Crippen molar-refractivity contribution in [3.8, 4) is 11.5 Å². The lowest BCUT2D eigenvalue weighted by molar-refractivity contribution is 0.0511. The zero-order valence-electron chi connectivity index (χ0n) is 17.0. The smallest absolute Gasteiger partial charge is 0.188 e. The van der Waals surface area contributed by atoms with E-state index in [-0.39, 0.29) is 25.2 Å². The quantitative estimate of drug-likeness (QED) is 0.495. The van der Waals surface area contributed by atoms with E-state index < -0.39 is 0 Å². The molecule has 0 amide bonds. The summed E-state index contributed by atoms with van der Waals surface area (Å²) in [6.45, 7) is 0.327. The first-order valence-electron chi connectivity index (χ1n) is 9.76. The van der Waals surface area contributed by atoms with Crippen molar-refractivity contribution in [2.45, 2.75) is 18.3 Å². The Kier molecular flexibility index (Phi) is 7.68. The third-order valence-corrected chi connectivity index (χ3v) is 5.16. The van der Waals surface area contributed by atoms with Crippen LogP contribution >= 0.6 is 0 Å². The number of hydrogen-bond donors (Lipinski definition) is 1. The summed E-state index contributed by atoms with van der Waals surface area (Å²) < 4.78 is 15.8. The lowest BCUT2D eigenvalue weighted by Crippen LogP contribution is -2.11. The van der Waals surface area contributed by atoms with Gasteiger partial charge in [-0.3, -0.25) is 0 Å². The molecule has 0 spiro atoms. The van der Waals surface area contributed by atoms with Crippen LogP contribution in [0.1, 0.15) is 34.9 Å². The maximum atomic E-state index is 10.1. The number of rotatable bonds is 10. The van der Waals surface area contributed by atoms with Crippen LogP contribution in [0.25, 0.3) is 0 Å². The van der Waals surface area contributed by atoms with Crippen LogP contribution in [-0.2, 0) is 4.74 Å². The first-order chi connectivity index (χ1) is 14.2. The fourth-order valence-corrected chi connectivity index (χ4v) is 3.55.